The minimum absolute atomic E-state index is 0.00978. The summed E-state index contributed by atoms with van der Waals surface area (Å²) in [5.41, 5.74) is -1.69. The molecule has 3 saturated heterocycles. The quantitative estimate of drug-likeness (QED) is 0.170. The summed E-state index contributed by atoms with van der Waals surface area (Å²) in [4.78, 5) is 191. The average molecular weight is 1530 g/mol. The van der Waals surface area contributed by atoms with Crippen molar-refractivity contribution < 1.29 is 97.4 Å². The molecule has 7 rings (SSSR count). The van der Waals surface area contributed by atoms with Gasteiger partial charge in [0.1, 0.15) is 72.1 Å². The second-order valence-corrected chi connectivity index (χ2v) is 31.7. The Morgan fingerprint density at radius 3 is 1.78 bits per heavy atom. The third-order valence-electron chi connectivity index (χ3n) is 24.1. The lowest BCUT2D eigenvalue weighted by Crippen LogP contribution is -2.68. The Kier molecular flexibility index (Phi) is 30.7. The monoisotopic (exact) mass is 1530 g/mol. The highest BCUT2D eigenvalue weighted by molar-refractivity contribution is 6.01. The van der Waals surface area contributed by atoms with Gasteiger partial charge >= 0.3 is 12.4 Å². The van der Waals surface area contributed by atoms with Crippen molar-refractivity contribution in [3.8, 4) is 0 Å². The standard InChI is InChI=1S/C74H116F8N12O13/c1-13-22-52-63(98)84-61(43(4)14-2)69(104)88(8)42-59(97)90(10)53-25-17-16-20-34-93(68(53)103)56(37-44-26-29-47(30-27-44)73(77,78)79)67(102)87(7)41-57(95)83-51(31-28-45-35-49(75)60(50(76)36-45)74(80,81)82)65(100)94-40-48(107-15-3)38-54(94)64(99)85-72(32-21-33-72)71(106)92(12)62(46-23-18-19-24-46)70(105)91(11)55(66(101)86(5)6)39-58(96)89(52)9/h43-56,60-62H,13-42H2,1-12H3,(H,83,95)(H,84,98)(H,85,99)/t43-,44?,45?,47?,48+,49?,50?,51-,52-,53-,54-,55-,56-,60?,61-,62-/m0/s1. The van der Waals surface area contributed by atoms with Crippen LogP contribution in [0, 0.1) is 35.5 Å². The Morgan fingerprint density at radius 2 is 1.21 bits per heavy atom. The van der Waals surface area contributed by atoms with Crippen LogP contribution in [0.5, 0.6) is 0 Å². The maximum absolute atomic E-state index is 15.5. The molecule has 3 N–H and O–H groups in total. The zero-order valence-corrected chi connectivity index (χ0v) is 64.4. The number of carbonyl (C=O) groups is 12. The molecule has 0 aromatic rings. The molecule has 1 spiro atoms. The van der Waals surface area contributed by atoms with Crippen LogP contribution in [0.3, 0.4) is 0 Å². The number of halogens is 8. The molecular weight excluding hydrogens is 1420 g/mol. The van der Waals surface area contributed by atoms with E-state index < -0.39 is 230 Å². The lowest BCUT2D eigenvalue weighted by atomic mass is 9.74. The first-order valence-corrected chi connectivity index (χ1v) is 38.5. The maximum Gasteiger partial charge on any atom is 0.397 e. The van der Waals surface area contributed by atoms with Crippen molar-refractivity contribution in [3.63, 3.8) is 0 Å². The number of hydrogen-bond donors (Lipinski definition) is 3. The number of hydrogen-bond acceptors (Lipinski definition) is 13. The van der Waals surface area contributed by atoms with Gasteiger partial charge in [-0.1, -0.05) is 59.3 Å². The predicted molar refractivity (Wildman–Crippen MR) is 377 cm³/mol. The van der Waals surface area contributed by atoms with Gasteiger partial charge in [0.25, 0.3) is 0 Å². The highest BCUT2D eigenvalue weighted by Crippen LogP contribution is 2.46. The van der Waals surface area contributed by atoms with Gasteiger partial charge in [-0.2, -0.15) is 26.3 Å². The number of nitrogens with zero attached hydrogens (tertiary/aromatic N) is 9. The summed E-state index contributed by atoms with van der Waals surface area (Å²) in [6, 6.07) is -11.2. The van der Waals surface area contributed by atoms with E-state index in [1.807, 2.05) is 0 Å². The number of rotatable bonds is 13. The highest BCUT2D eigenvalue weighted by Gasteiger charge is 2.56. The summed E-state index contributed by atoms with van der Waals surface area (Å²) in [6.07, 6.45) is -14.8. The molecular formula is C74H116F8N12O13. The van der Waals surface area contributed by atoms with Crippen molar-refractivity contribution >= 4 is 70.9 Å². The number of carbonyl (C=O) groups excluding carboxylic acids is 12. The summed E-state index contributed by atoms with van der Waals surface area (Å²) >= 11 is 0. The molecule has 3 aliphatic heterocycles. The number of ether oxygens (including phenoxy) is 1. The van der Waals surface area contributed by atoms with Crippen LogP contribution in [0.15, 0.2) is 0 Å². The second-order valence-electron chi connectivity index (χ2n) is 31.7. The molecule has 7 aliphatic rings. The molecule has 0 aromatic carbocycles. The minimum atomic E-state index is -5.21. The van der Waals surface area contributed by atoms with E-state index in [0.717, 1.165) is 29.4 Å². The summed E-state index contributed by atoms with van der Waals surface area (Å²) in [5.74, 6) is -16.6. The van der Waals surface area contributed by atoms with Gasteiger partial charge in [0.2, 0.25) is 70.9 Å². The van der Waals surface area contributed by atoms with E-state index in [2.05, 4.69) is 16.0 Å². The molecule has 12 amide bonds. The van der Waals surface area contributed by atoms with Gasteiger partial charge in [0.05, 0.1) is 31.5 Å². The minimum Gasteiger partial charge on any atom is -0.377 e. The van der Waals surface area contributed by atoms with E-state index in [0.29, 0.717) is 64.2 Å². The van der Waals surface area contributed by atoms with Crippen LogP contribution in [0.25, 0.3) is 0 Å². The average Bonchev–Trinajstić information content (AvgIpc) is 1.66. The fourth-order valence-corrected chi connectivity index (χ4v) is 17.2. The van der Waals surface area contributed by atoms with Crippen LogP contribution >= 0.6 is 0 Å². The number of fused-ring (bicyclic) bond motifs is 3. The number of likely N-dealkylation sites (N-methyl/N-ethyl adjacent to an activating group) is 7. The molecule has 2 unspecified atom stereocenters. The Bertz CT molecular complexity index is 3140. The zero-order chi connectivity index (χ0) is 79.5. The lowest BCUT2D eigenvalue weighted by molar-refractivity contribution is -0.219. The van der Waals surface area contributed by atoms with Gasteiger partial charge in [-0.05, 0) is 140 Å². The van der Waals surface area contributed by atoms with Gasteiger partial charge in [-0.3, -0.25) is 57.5 Å². The molecule has 2 bridgehead atoms. The first-order valence-electron chi connectivity index (χ1n) is 38.5. The lowest BCUT2D eigenvalue weighted by Gasteiger charge is -2.46. The summed E-state index contributed by atoms with van der Waals surface area (Å²) in [6.45, 7) is 5.17. The molecule has 0 radical (unpaired) electrons. The predicted octanol–water partition coefficient (Wildman–Crippen LogP) is 6.33. The summed E-state index contributed by atoms with van der Waals surface area (Å²) in [7, 11) is 10.9. The van der Waals surface area contributed by atoms with Crippen LogP contribution in [0.4, 0.5) is 35.1 Å². The molecule has 107 heavy (non-hydrogen) atoms. The maximum atomic E-state index is 15.5. The molecule has 7 fully saturated rings. The van der Waals surface area contributed by atoms with Gasteiger partial charge in [0, 0.05) is 82.5 Å². The van der Waals surface area contributed by atoms with Crippen molar-refractivity contribution in [2.45, 2.75) is 273 Å². The Hall–Kier alpha value is -6.96. The zero-order valence-electron chi connectivity index (χ0n) is 64.4. The summed E-state index contributed by atoms with van der Waals surface area (Å²) in [5, 5.41) is 8.40. The van der Waals surface area contributed by atoms with Crippen LogP contribution in [-0.4, -0.2) is 289 Å². The van der Waals surface area contributed by atoms with E-state index in [4.69, 9.17) is 4.74 Å². The molecule has 4 aliphatic carbocycles. The van der Waals surface area contributed by atoms with Crippen molar-refractivity contribution in [1.82, 2.24) is 60.0 Å². The fourth-order valence-electron chi connectivity index (χ4n) is 17.2. The van der Waals surface area contributed by atoms with E-state index in [-0.39, 0.29) is 90.3 Å². The second kappa shape index (κ2) is 37.6. The van der Waals surface area contributed by atoms with E-state index in [1.165, 1.54) is 71.1 Å². The number of alkyl halides is 8. The largest absolute Gasteiger partial charge is 0.397 e. The Balaban J connectivity index is 1.32. The Labute approximate surface area is 623 Å². The normalized spacial score (nSPS) is 32.0. The molecule has 12 atom stereocenters. The van der Waals surface area contributed by atoms with E-state index in [1.54, 1.807) is 27.7 Å². The van der Waals surface area contributed by atoms with Gasteiger partial charge in [-0.25, -0.2) is 8.78 Å². The molecule has 606 valence electrons. The van der Waals surface area contributed by atoms with Gasteiger partial charge < -0.3 is 64.8 Å². The summed E-state index contributed by atoms with van der Waals surface area (Å²) < 4.78 is 121. The first-order chi connectivity index (χ1) is 50.2. The smallest absolute Gasteiger partial charge is 0.377 e. The van der Waals surface area contributed by atoms with E-state index in [9.17, 15) is 55.1 Å². The van der Waals surface area contributed by atoms with Crippen LogP contribution < -0.4 is 16.0 Å². The van der Waals surface area contributed by atoms with E-state index >= 15 is 37.5 Å². The molecule has 4 saturated carbocycles. The number of amides is 12. The topological polar surface area (TPSA) is 279 Å². The van der Waals surface area contributed by atoms with Crippen LogP contribution in [0.2, 0.25) is 0 Å². The van der Waals surface area contributed by atoms with Crippen molar-refractivity contribution in [3.05, 3.63) is 0 Å². The molecule has 25 nitrogen and oxygen atoms in total. The molecule has 33 heteroatoms. The number of nitrogens with one attached hydrogen (secondary N) is 3. The fraction of sp³-hybridized carbons (Fsp3) is 0.838. The van der Waals surface area contributed by atoms with Crippen molar-refractivity contribution in [2.75, 3.05) is 89.2 Å². The molecule has 0 aromatic heterocycles. The third kappa shape index (κ3) is 21.1. The SMILES string of the molecule is CCC[C@H]1C(=O)N[C@@H]([C@@H](C)CC)C(=O)N(C)CC(=O)N(C)[C@H]2CCCCCN(C2=O)[C@@H](CC2CCC(C(F)(F)F)CC2)C(=O)N(C)CC(=O)N[C@@H](CCC2CC(F)C(C(F)(F)F)C(F)C2)C(=O)N2C[C@H](OCC)C[C@H]2C(=O)NC2(CCC2)C(=O)N(C)[C@@H](C2CCCC2)C(=O)N(C)[C@H](C(=O)N(C)C)CC(=O)N1C. The van der Waals surface area contributed by atoms with Crippen molar-refractivity contribution in [1.29, 1.82) is 0 Å². The van der Waals surface area contributed by atoms with Gasteiger partial charge in [0.15, 0.2) is 0 Å². The van der Waals surface area contributed by atoms with Crippen molar-refractivity contribution in [2.24, 2.45) is 35.5 Å². The third-order valence-corrected chi connectivity index (χ3v) is 24.1. The first kappa shape index (κ1) is 87.3. The highest BCUT2D eigenvalue weighted by atomic mass is 19.4. The Morgan fingerprint density at radius 1 is 0.598 bits per heavy atom. The molecule has 3 heterocycles. The van der Waals surface area contributed by atoms with Crippen LogP contribution in [-0.2, 0) is 62.3 Å². The van der Waals surface area contributed by atoms with Crippen LogP contribution in [0.1, 0.15) is 188 Å². The van der Waals surface area contributed by atoms with Gasteiger partial charge in [-0.15, -0.1) is 0 Å².